The Balaban J connectivity index is 2.33. The van der Waals surface area contributed by atoms with Crippen molar-refractivity contribution in [2.45, 2.75) is 0 Å². The molecule has 0 bridgehead atoms. The van der Waals surface area contributed by atoms with Gasteiger partial charge < -0.3 is 10.8 Å². The van der Waals surface area contributed by atoms with E-state index in [1.54, 1.807) is 12.1 Å². The Kier molecular flexibility index (Phi) is 3.09. The third-order valence-electron chi connectivity index (χ3n) is 2.32. The van der Waals surface area contributed by atoms with E-state index in [0.29, 0.717) is 11.3 Å². The number of nitrogen functional groups attached to an aromatic ring is 1. The number of carbonyl (C=O) groups is 1. The molecule has 0 radical (unpaired) electrons. The summed E-state index contributed by atoms with van der Waals surface area (Å²) < 4.78 is 12.8. The number of pyridine rings is 1. The average molecular weight is 247 g/mol. The van der Waals surface area contributed by atoms with Gasteiger partial charge in [0, 0.05) is 5.56 Å². The lowest BCUT2D eigenvalue weighted by Gasteiger charge is -2.07. The van der Waals surface area contributed by atoms with Crippen molar-refractivity contribution in [3.63, 3.8) is 0 Å². The highest BCUT2D eigenvalue weighted by Crippen LogP contribution is 2.24. The molecule has 0 unspecified atom stereocenters. The van der Waals surface area contributed by atoms with Gasteiger partial charge in [-0.15, -0.1) is 0 Å². The highest BCUT2D eigenvalue weighted by atomic mass is 19.1. The van der Waals surface area contributed by atoms with Crippen LogP contribution in [0.2, 0.25) is 0 Å². The fourth-order valence-electron chi connectivity index (χ4n) is 1.47. The van der Waals surface area contributed by atoms with Gasteiger partial charge in [-0.1, -0.05) is 0 Å². The van der Waals surface area contributed by atoms with Crippen molar-refractivity contribution in [1.29, 1.82) is 0 Å². The average Bonchev–Trinajstić information content (AvgIpc) is 2.32. The van der Waals surface area contributed by atoms with Crippen LogP contribution in [-0.2, 0) is 0 Å². The molecule has 1 aromatic heterocycles. The smallest absolute Gasteiger partial charge is 0.409 e. The van der Waals surface area contributed by atoms with Crippen molar-refractivity contribution >= 4 is 17.5 Å². The summed E-state index contributed by atoms with van der Waals surface area (Å²) in [6.07, 6.45) is 0.111. The summed E-state index contributed by atoms with van der Waals surface area (Å²) in [6.45, 7) is 0. The summed E-state index contributed by atoms with van der Waals surface area (Å²) in [5.74, 6) is -0.337. The van der Waals surface area contributed by atoms with E-state index in [9.17, 15) is 9.18 Å². The predicted molar refractivity (Wildman–Crippen MR) is 65.7 cm³/mol. The van der Waals surface area contributed by atoms with E-state index >= 15 is 0 Å². The molecule has 5 nitrogen and oxygen atoms in total. The number of anilines is 2. The van der Waals surface area contributed by atoms with E-state index in [1.807, 2.05) is 0 Å². The maximum absolute atomic E-state index is 12.8. The first-order valence-corrected chi connectivity index (χ1v) is 5.07. The van der Waals surface area contributed by atoms with Crippen LogP contribution in [0.25, 0.3) is 11.3 Å². The van der Waals surface area contributed by atoms with E-state index in [4.69, 9.17) is 10.8 Å². The molecule has 0 spiro atoms. The molecule has 0 saturated heterocycles. The minimum absolute atomic E-state index is 0.216. The van der Waals surface area contributed by atoms with E-state index < -0.39 is 6.09 Å². The van der Waals surface area contributed by atoms with Crippen LogP contribution in [0, 0.1) is 5.82 Å². The second-order valence-corrected chi connectivity index (χ2v) is 3.59. The molecule has 2 rings (SSSR count). The van der Waals surface area contributed by atoms with Gasteiger partial charge in [-0.3, -0.25) is 10.3 Å². The molecule has 4 N–H and O–H groups in total. The minimum Gasteiger partial charge on any atom is -0.465 e. The highest BCUT2D eigenvalue weighted by Gasteiger charge is 2.06. The number of carboxylic acid groups (broad SMARTS) is 1. The summed E-state index contributed by atoms with van der Waals surface area (Å²) in [4.78, 5) is 14.5. The second-order valence-electron chi connectivity index (χ2n) is 3.59. The van der Waals surface area contributed by atoms with Gasteiger partial charge in [0.2, 0.25) is 0 Å². The molecule has 92 valence electrons. The molecular weight excluding hydrogens is 237 g/mol. The van der Waals surface area contributed by atoms with Crippen molar-refractivity contribution in [3.8, 4) is 11.3 Å². The first kappa shape index (κ1) is 11.8. The molecule has 6 heteroatoms. The number of nitrogens with two attached hydrogens (primary N) is 1. The van der Waals surface area contributed by atoms with Crippen molar-refractivity contribution in [1.82, 2.24) is 4.98 Å². The summed E-state index contributed by atoms with van der Waals surface area (Å²) in [7, 11) is 0. The van der Waals surface area contributed by atoms with Crippen LogP contribution >= 0.6 is 0 Å². The van der Waals surface area contributed by atoms with Gasteiger partial charge in [-0.05, 0) is 30.3 Å². The lowest BCUT2D eigenvalue weighted by Crippen LogP contribution is -2.09. The normalized spacial score (nSPS) is 10.1. The van der Waals surface area contributed by atoms with E-state index in [0.717, 1.165) is 0 Å². The third-order valence-corrected chi connectivity index (χ3v) is 2.32. The van der Waals surface area contributed by atoms with Gasteiger partial charge in [0.15, 0.2) is 0 Å². The fourth-order valence-corrected chi connectivity index (χ4v) is 1.47. The van der Waals surface area contributed by atoms with Crippen LogP contribution in [0.4, 0.5) is 20.6 Å². The van der Waals surface area contributed by atoms with E-state index in [-0.39, 0.29) is 17.2 Å². The number of aromatic nitrogens is 1. The topological polar surface area (TPSA) is 88.2 Å². The van der Waals surface area contributed by atoms with Gasteiger partial charge in [0.1, 0.15) is 5.82 Å². The molecular formula is C12H10FN3O2. The molecule has 0 atom stereocenters. The number of hydrogen-bond acceptors (Lipinski definition) is 3. The Bertz CT molecular complexity index is 584. The van der Waals surface area contributed by atoms with Crippen molar-refractivity contribution in [2.75, 3.05) is 11.1 Å². The number of nitrogens with zero attached hydrogens (tertiary/aromatic N) is 1. The monoisotopic (exact) mass is 247 g/mol. The molecule has 1 aromatic carbocycles. The maximum Gasteiger partial charge on any atom is 0.409 e. The summed E-state index contributed by atoms with van der Waals surface area (Å²) in [5, 5.41) is 10.7. The van der Waals surface area contributed by atoms with Gasteiger partial charge in [0.25, 0.3) is 0 Å². The lowest BCUT2D eigenvalue weighted by molar-refractivity contribution is 0.210. The number of rotatable bonds is 2. The molecule has 0 aliphatic heterocycles. The molecule has 2 aromatic rings. The van der Waals surface area contributed by atoms with Crippen molar-refractivity contribution in [3.05, 3.63) is 42.3 Å². The molecule has 18 heavy (non-hydrogen) atoms. The summed E-state index contributed by atoms with van der Waals surface area (Å²) >= 11 is 0. The number of amides is 1. The van der Waals surface area contributed by atoms with Gasteiger partial charge in [-0.25, -0.2) is 9.18 Å². The molecule has 0 aliphatic rings. The molecule has 0 fully saturated rings. The number of nitrogens with one attached hydrogen (secondary N) is 1. The maximum atomic E-state index is 12.8. The number of halogens is 1. The molecule has 1 amide bonds. The molecule has 0 aliphatic carbocycles. The summed E-state index contributed by atoms with van der Waals surface area (Å²) in [6, 6.07) is 7.30. The van der Waals surface area contributed by atoms with Crippen LogP contribution in [0.15, 0.2) is 36.5 Å². The number of benzene rings is 1. The van der Waals surface area contributed by atoms with E-state index in [2.05, 4.69) is 10.3 Å². The summed E-state index contributed by atoms with van der Waals surface area (Å²) in [5.41, 5.74) is 7.41. The SMILES string of the molecule is Nc1cc(-c2ccc(F)cc2)ncc1NC(=O)O. The van der Waals surface area contributed by atoms with Crippen LogP contribution in [0.1, 0.15) is 0 Å². The van der Waals surface area contributed by atoms with Crippen LogP contribution in [0.3, 0.4) is 0 Å². The molecule has 1 heterocycles. The second kappa shape index (κ2) is 4.70. The Labute approximate surface area is 102 Å². The lowest BCUT2D eigenvalue weighted by atomic mass is 10.1. The minimum atomic E-state index is -1.21. The third kappa shape index (κ3) is 2.54. The predicted octanol–water partition coefficient (Wildman–Crippen LogP) is 2.56. The van der Waals surface area contributed by atoms with Gasteiger partial charge in [0.05, 0.1) is 23.3 Å². The zero-order chi connectivity index (χ0) is 13.1. The van der Waals surface area contributed by atoms with Crippen LogP contribution in [-0.4, -0.2) is 16.2 Å². The fraction of sp³-hybridized carbons (Fsp3) is 0. The highest BCUT2D eigenvalue weighted by molar-refractivity contribution is 5.88. The standard InChI is InChI=1S/C12H10FN3O2/c13-8-3-1-7(2-4-8)10-5-9(14)11(6-15-10)16-12(17)18/h1-6,16H,(H2,14,15)(H,17,18). The Morgan fingerprint density at radius 2 is 2.00 bits per heavy atom. The first-order chi connectivity index (χ1) is 8.56. The Morgan fingerprint density at radius 1 is 1.33 bits per heavy atom. The zero-order valence-electron chi connectivity index (χ0n) is 9.22. The van der Waals surface area contributed by atoms with Crippen molar-refractivity contribution < 1.29 is 14.3 Å². The number of hydrogen-bond donors (Lipinski definition) is 3. The van der Waals surface area contributed by atoms with Crippen molar-refractivity contribution in [2.24, 2.45) is 0 Å². The van der Waals surface area contributed by atoms with Crippen LogP contribution < -0.4 is 11.1 Å². The van der Waals surface area contributed by atoms with Crippen LogP contribution in [0.5, 0.6) is 0 Å². The van der Waals surface area contributed by atoms with E-state index in [1.165, 1.54) is 24.4 Å². The van der Waals surface area contributed by atoms with Gasteiger partial charge in [-0.2, -0.15) is 0 Å². The quantitative estimate of drug-likeness (QED) is 0.760. The van der Waals surface area contributed by atoms with Gasteiger partial charge >= 0.3 is 6.09 Å². The molecule has 0 saturated carbocycles. The zero-order valence-corrected chi connectivity index (χ0v) is 9.22. The Hall–Kier alpha value is -2.63. The largest absolute Gasteiger partial charge is 0.465 e. The Morgan fingerprint density at radius 3 is 2.56 bits per heavy atom. The first-order valence-electron chi connectivity index (χ1n) is 5.07.